The minimum atomic E-state index is -0.816. The van der Waals surface area contributed by atoms with E-state index in [0.717, 1.165) is 33.9 Å². The van der Waals surface area contributed by atoms with Crippen LogP contribution in [0.4, 0.5) is 5.69 Å². The van der Waals surface area contributed by atoms with Crippen LogP contribution in [0.3, 0.4) is 0 Å². The lowest BCUT2D eigenvalue weighted by Gasteiger charge is -2.09. The fourth-order valence-electron chi connectivity index (χ4n) is 1.96. The smallest absolute Gasteiger partial charge is 0.0483 e. The van der Waals surface area contributed by atoms with Crippen molar-refractivity contribution in [1.82, 2.24) is 0 Å². The van der Waals surface area contributed by atoms with Crippen molar-refractivity contribution in [2.24, 2.45) is 0 Å². The molecule has 1 atom stereocenters. The molecule has 0 saturated heterocycles. The number of benzene rings is 2. The lowest BCUT2D eigenvalue weighted by molar-refractivity contribution is 0.686. The van der Waals surface area contributed by atoms with E-state index in [0.29, 0.717) is 5.75 Å². The first-order valence-corrected chi connectivity index (χ1v) is 8.53. The van der Waals surface area contributed by atoms with E-state index < -0.39 is 10.8 Å². The lowest BCUT2D eigenvalue weighted by Crippen LogP contribution is -2.00. The summed E-state index contributed by atoms with van der Waals surface area (Å²) in [7, 11) is -0.816. The molecule has 20 heavy (non-hydrogen) atoms. The van der Waals surface area contributed by atoms with E-state index in [4.69, 9.17) is 11.6 Å². The molecule has 2 rings (SSSR count). The molecule has 2 aromatic rings. The summed E-state index contributed by atoms with van der Waals surface area (Å²) in [6, 6.07) is 14.1. The van der Waals surface area contributed by atoms with Crippen LogP contribution in [-0.4, -0.2) is 10.5 Å². The molecular weight excluding hydrogens is 290 g/mol. The molecule has 0 aromatic heterocycles. The fraction of sp³-hybridized carbons (Fsp3) is 0.250. The number of aryl methyl sites for hydroxylation is 1. The highest BCUT2D eigenvalue weighted by atomic mass is 35.5. The van der Waals surface area contributed by atoms with Crippen molar-refractivity contribution in [3.63, 3.8) is 0 Å². The van der Waals surface area contributed by atoms with Crippen LogP contribution in [0, 0.1) is 6.92 Å². The maximum absolute atomic E-state index is 11.2. The average Bonchev–Trinajstić information content (AvgIpc) is 2.40. The highest BCUT2D eigenvalue weighted by Crippen LogP contribution is 2.18. The Bertz CT molecular complexity index is 628. The van der Waals surface area contributed by atoms with Gasteiger partial charge in [0.2, 0.25) is 0 Å². The van der Waals surface area contributed by atoms with Crippen molar-refractivity contribution in [2.75, 3.05) is 11.6 Å². The topological polar surface area (TPSA) is 29.1 Å². The van der Waals surface area contributed by atoms with Gasteiger partial charge in [-0.2, -0.15) is 0 Å². The van der Waals surface area contributed by atoms with E-state index >= 15 is 0 Å². The van der Waals surface area contributed by atoms with Gasteiger partial charge in [-0.15, -0.1) is 0 Å². The quantitative estimate of drug-likeness (QED) is 0.899. The van der Waals surface area contributed by atoms with Gasteiger partial charge in [0.05, 0.1) is 0 Å². The second-order valence-corrected chi connectivity index (χ2v) is 6.70. The highest BCUT2D eigenvalue weighted by molar-refractivity contribution is 7.83. The average molecular weight is 308 g/mol. The molecule has 0 aliphatic carbocycles. The Balaban J connectivity index is 2.03. The fourth-order valence-corrected chi connectivity index (χ4v) is 2.81. The summed E-state index contributed by atoms with van der Waals surface area (Å²) < 4.78 is 11.2. The number of anilines is 1. The zero-order valence-corrected chi connectivity index (χ0v) is 13.2. The Kier molecular flexibility index (Phi) is 5.21. The van der Waals surface area contributed by atoms with Gasteiger partial charge in [-0.25, -0.2) is 0 Å². The Morgan fingerprint density at radius 3 is 2.65 bits per heavy atom. The van der Waals surface area contributed by atoms with Crippen LogP contribution in [0.15, 0.2) is 42.5 Å². The van der Waals surface area contributed by atoms with E-state index in [1.807, 2.05) is 43.3 Å². The summed E-state index contributed by atoms with van der Waals surface area (Å²) in [5, 5.41) is 4.15. The second kappa shape index (κ2) is 6.91. The third-order valence-electron chi connectivity index (χ3n) is 3.03. The molecule has 0 fully saturated rings. The van der Waals surface area contributed by atoms with Gasteiger partial charge in [0, 0.05) is 40.1 Å². The minimum absolute atomic E-state index is 0.589. The third kappa shape index (κ3) is 4.36. The molecule has 0 radical (unpaired) electrons. The van der Waals surface area contributed by atoms with Crippen molar-refractivity contribution < 1.29 is 4.21 Å². The lowest BCUT2D eigenvalue weighted by atomic mass is 10.1. The van der Waals surface area contributed by atoms with Crippen molar-refractivity contribution in [3.05, 3.63) is 64.2 Å². The van der Waals surface area contributed by atoms with Crippen LogP contribution in [0.2, 0.25) is 5.02 Å². The maximum atomic E-state index is 11.2. The number of rotatable bonds is 5. The predicted molar refractivity (Wildman–Crippen MR) is 87.7 cm³/mol. The molecule has 0 bridgehead atoms. The van der Waals surface area contributed by atoms with Gasteiger partial charge in [0.1, 0.15) is 0 Å². The molecule has 2 nitrogen and oxygen atoms in total. The summed E-state index contributed by atoms with van der Waals surface area (Å²) in [6.07, 6.45) is 1.72. The molecule has 1 unspecified atom stereocenters. The standard InChI is InChI=1S/C16H18ClNOS/c1-12-6-7-13(9-16(12)17)10-18-15-5-3-4-14(8-15)11-20(2)19/h3-9,18H,10-11H2,1-2H3. The van der Waals surface area contributed by atoms with Gasteiger partial charge in [-0.3, -0.25) is 4.21 Å². The van der Waals surface area contributed by atoms with Gasteiger partial charge >= 0.3 is 0 Å². The maximum Gasteiger partial charge on any atom is 0.0483 e. The summed E-state index contributed by atoms with van der Waals surface area (Å²) >= 11 is 6.12. The van der Waals surface area contributed by atoms with Crippen LogP contribution in [0.25, 0.3) is 0 Å². The zero-order chi connectivity index (χ0) is 14.5. The first-order valence-electron chi connectivity index (χ1n) is 6.42. The van der Waals surface area contributed by atoms with Crippen LogP contribution in [0.5, 0.6) is 0 Å². The molecule has 0 aliphatic heterocycles. The Labute approximate surface area is 127 Å². The molecule has 0 amide bonds. The van der Waals surface area contributed by atoms with Crippen molar-refractivity contribution in [1.29, 1.82) is 0 Å². The van der Waals surface area contributed by atoms with Crippen molar-refractivity contribution in [2.45, 2.75) is 19.2 Å². The molecule has 106 valence electrons. The van der Waals surface area contributed by atoms with E-state index in [1.54, 1.807) is 6.26 Å². The summed E-state index contributed by atoms with van der Waals surface area (Å²) in [5.41, 5.74) is 4.34. The Morgan fingerprint density at radius 1 is 1.15 bits per heavy atom. The first kappa shape index (κ1) is 15.1. The molecule has 2 aromatic carbocycles. The van der Waals surface area contributed by atoms with Gasteiger partial charge in [0.15, 0.2) is 0 Å². The van der Waals surface area contributed by atoms with Gasteiger partial charge < -0.3 is 5.32 Å². The predicted octanol–water partition coefficient (Wildman–Crippen LogP) is 4.14. The van der Waals surface area contributed by atoms with Gasteiger partial charge in [-0.1, -0.05) is 35.9 Å². The van der Waals surface area contributed by atoms with E-state index in [9.17, 15) is 4.21 Å². The molecular formula is C16H18ClNOS. The van der Waals surface area contributed by atoms with E-state index in [-0.39, 0.29) is 0 Å². The first-order chi connectivity index (χ1) is 9.54. The van der Waals surface area contributed by atoms with E-state index in [1.165, 1.54) is 0 Å². The summed E-state index contributed by atoms with van der Waals surface area (Å²) in [5.74, 6) is 0.589. The normalized spacial score (nSPS) is 12.2. The van der Waals surface area contributed by atoms with Crippen LogP contribution in [-0.2, 0) is 23.1 Å². The number of nitrogens with one attached hydrogen (secondary N) is 1. The SMILES string of the molecule is Cc1ccc(CNc2cccc(CS(C)=O)c2)cc1Cl. The molecule has 4 heteroatoms. The second-order valence-electron chi connectivity index (χ2n) is 4.85. The molecule has 1 N–H and O–H groups in total. The minimum Gasteiger partial charge on any atom is -0.381 e. The third-order valence-corrected chi connectivity index (χ3v) is 4.18. The highest BCUT2D eigenvalue weighted by Gasteiger charge is 2.00. The van der Waals surface area contributed by atoms with Crippen LogP contribution >= 0.6 is 11.6 Å². The molecule has 0 saturated carbocycles. The monoisotopic (exact) mass is 307 g/mol. The Hall–Kier alpha value is -1.32. The van der Waals surface area contributed by atoms with Crippen molar-refractivity contribution in [3.8, 4) is 0 Å². The molecule has 0 spiro atoms. The van der Waals surface area contributed by atoms with Crippen molar-refractivity contribution >= 4 is 28.1 Å². The molecule has 0 aliphatic rings. The number of hydrogen-bond donors (Lipinski definition) is 1. The van der Waals surface area contributed by atoms with Gasteiger partial charge in [0.25, 0.3) is 0 Å². The summed E-state index contributed by atoms with van der Waals surface area (Å²) in [6.45, 7) is 2.71. The summed E-state index contributed by atoms with van der Waals surface area (Å²) in [4.78, 5) is 0. The number of hydrogen-bond acceptors (Lipinski definition) is 2. The largest absolute Gasteiger partial charge is 0.381 e. The van der Waals surface area contributed by atoms with Crippen LogP contribution < -0.4 is 5.32 Å². The zero-order valence-electron chi connectivity index (χ0n) is 11.7. The van der Waals surface area contributed by atoms with Crippen LogP contribution in [0.1, 0.15) is 16.7 Å². The van der Waals surface area contributed by atoms with Gasteiger partial charge in [-0.05, 0) is 41.8 Å². The Morgan fingerprint density at radius 2 is 1.95 bits per heavy atom. The van der Waals surface area contributed by atoms with E-state index in [2.05, 4.69) is 11.4 Å². The molecule has 0 heterocycles. The number of halogens is 1.